The Morgan fingerprint density at radius 3 is 2.77 bits per heavy atom. The fourth-order valence-corrected chi connectivity index (χ4v) is 3.41. The highest BCUT2D eigenvalue weighted by Crippen LogP contribution is 2.35. The number of carbonyl (C=O) groups is 1. The van der Waals surface area contributed by atoms with Crippen molar-refractivity contribution in [3.63, 3.8) is 0 Å². The number of amides is 1. The van der Waals surface area contributed by atoms with Crippen LogP contribution in [0.5, 0.6) is 0 Å². The lowest BCUT2D eigenvalue weighted by Gasteiger charge is -2.28. The molecule has 3 aromatic rings. The van der Waals surface area contributed by atoms with Crippen molar-refractivity contribution in [1.29, 1.82) is 0 Å². The van der Waals surface area contributed by atoms with E-state index in [0.717, 1.165) is 0 Å². The number of pyridine rings is 1. The standard InChI is InChI=1S/C21H21FN6O2/c1-13-18(20(30)25-16-5-2-3-11-23-16)19(14-7-9-15(22)10-8-14)28-21(24-13)26-17(27-28)6-4-12-29/h2-3,5,7-11,19,29H,4,6,12H2,1H3,(H,23,25,30)(H,24,26,27). The Bertz CT molecular complexity index is 1080. The van der Waals surface area contributed by atoms with Crippen molar-refractivity contribution in [3.05, 3.63) is 77.1 Å². The first kappa shape index (κ1) is 19.7. The Kier molecular flexibility index (Phi) is 5.53. The van der Waals surface area contributed by atoms with E-state index in [1.165, 1.54) is 12.1 Å². The maximum absolute atomic E-state index is 13.5. The number of aliphatic hydroxyl groups is 1. The largest absolute Gasteiger partial charge is 0.396 e. The van der Waals surface area contributed by atoms with E-state index >= 15 is 0 Å². The van der Waals surface area contributed by atoms with Crippen molar-refractivity contribution in [2.24, 2.45) is 0 Å². The first-order valence-electron chi connectivity index (χ1n) is 9.58. The third-order valence-corrected chi connectivity index (χ3v) is 4.79. The fraction of sp³-hybridized carbons (Fsp3) is 0.238. The summed E-state index contributed by atoms with van der Waals surface area (Å²) >= 11 is 0. The number of allylic oxidation sites excluding steroid dienone is 1. The molecular weight excluding hydrogens is 387 g/mol. The molecule has 8 nitrogen and oxygen atoms in total. The summed E-state index contributed by atoms with van der Waals surface area (Å²) in [6.07, 6.45) is 2.63. The van der Waals surface area contributed by atoms with Crippen LogP contribution in [-0.2, 0) is 11.2 Å². The number of nitrogens with one attached hydrogen (secondary N) is 2. The van der Waals surface area contributed by atoms with Gasteiger partial charge in [-0.15, -0.1) is 0 Å². The molecule has 0 saturated heterocycles. The van der Waals surface area contributed by atoms with E-state index in [9.17, 15) is 9.18 Å². The second-order valence-electron chi connectivity index (χ2n) is 6.91. The van der Waals surface area contributed by atoms with Crippen molar-refractivity contribution < 1.29 is 14.3 Å². The molecule has 1 aliphatic heterocycles. The predicted molar refractivity (Wildman–Crippen MR) is 109 cm³/mol. The summed E-state index contributed by atoms with van der Waals surface area (Å²) in [4.78, 5) is 21.8. The van der Waals surface area contributed by atoms with Crippen LogP contribution in [0.3, 0.4) is 0 Å². The molecule has 3 heterocycles. The zero-order valence-corrected chi connectivity index (χ0v) is 16.3. The molecule has 9 heteroatoms. The highest BCUT2D eigenvalue weighted by atomic mass is 19.1. The smallest absolute Gasteiger partial charge is 0.257 e. The van der Waals surface area contributed by atoms with Crippen LogP contribution in [0.15, 0.2) is 59.9 Å². The van der Waals surface area contributed by atoms with E-state index in [0.29, 0.717) is 47.3 Å². The van der Waals surface area contributed by atoms with Gasteiger partial charge in [-0.05, 0) is 43.2 Å². The second-order valence-corrected chi connectivity index (χ2v) is 6.91. The number of aliphatic hydroxyl groups excluding tert-OH is 1. The number of benzene rings is 1. The van der Waals surface area contributed by atoms with Crippen LogP contribution in [0.25, 0.3) is 0 Å². The number of fused-ring (bicyclic) bond motifs is 1. The van der Waals surface area contributed by atoms with Gasteiger partial charge in [0.2, 0.25) is 5.95 Å². The van der Waals surface area contributed by atoms with Crippen LogP contribution in [0.1, 0.15) is 30.8 Å². The molecule has 2 aromatic heterocycles. The minimum atomic E-state index is -0.596. The molecule has 0 fully saturated rings. The molecule has 1 atom stereocenters. The van der Waals surface area contributed by atoms with Gasteiger partial charge in [0, 0.05) is 24.9 Å². The minimum absolute atomic E-state index is 0.0354. The molecule has 4 rings (SSSR count). The lowest BCUT2D eigenvalue weighted by atomic mass is 9.95. The zero-order chi connectivity index (χ0) is 21.1. The Morgan fingerprint density at radius 2 is 2.07 bits per heavy atom. The van der Waals surface area contributed by atoms with Crippen LogP contribution in [0, 0.1) is 5.82 Å². The summed E-state index contributed by atoms with van der Waals surface area (Å²) in [5.74, 6) is 0.761. The Morgan fingerprint density at radius 1 is 1.27 bits per heavy atom. The van der Waals surface area contributed by atoms with E-state index in [-0.39, 0.29) is 18.3 Å². The number of halogens is 1. The molecule has 1 amide bonds. The van der Waals surface area contributed by atoms with Gasteiger partial charge < -0.3 is 15.7 Å². The Balaban J connectivity index is 1.75. The van der Waals surface area contributed by atoms with E-state index in [1.807, 2.05) is 0 Å². The maximum atomic E-state index is 13.5. The highest BCUT2D eigenvalue weighted by Gasteiger charge is 2.34. The molecule has 0 bridgehead atoms. The lowest BCUT2D eigenvalue weighted by molar-refractivity contribution is -0.113. The van der Waals surface area contributed by atoms with Gasteiger partial charge in [-0.2, -0.15) is 10.1 Å². The van der Waals surface area contributed by atoms with Crippen LogP contribution >= 0.6 is 0 Å². The summed E-state index contributed by atoms with van der Waals surface area (Å²) in [6.45, 7) is 1.82. The molecule has 3 N–H and O–H groups in total. The van der Waals surface area contributed by atoms with Crippen LogP contribution in [0.2, 0.25) is 0 Å². The number of aromatic nitrogens is 4. The fourth-order valence-electron chi connectivity index (χ4n) is 3.41. The van der Waals surface area contributed by atoms with E-state index in [1.54, 1.807) is 48.1 Å². The van der Waals surface area contributed by atoms with Crippen molar-refractivity contribution in [2.45, 2.75) is 25.8 Å². The summed E-state index contributed by atoms with van der Waals surface area (Å²) < 4.78 is 15.2. The maximum Gasteiger partial charge on any atom is 0.257 e. The molecular formula is C21H21FN6O2. The number of hydrogen-bond acceptors (Lipinski definition) is 6. The number of hydrogen-bond donors (Lipinski definition) is 3. The van der Waals surface area contributed by atoms with Crippen molar-refractivity contribution in [1.82, 2.24) is 19.7 Å². The first-order chi connectivity index (χ1) is 14.6. The van der Waals surface area contributed by atoms with E-state index < -0.39 is 6.04 Å². The van der Waals surface area contributed by atoms with Gasteiger partial charge in [-0.1, -0.05) is 18.2 Å². The predicted octanol–water partition coefficient (Wildman–Crippen LogP) is 2.66. The topological polar surface area (TPSA) is 105 Å². The van der Waals surface area contributed by atoms with Gasteiger partial charge in [0.15, 0.2) is 5.82 Å². The van der Waals surface area contributed by atoms with Gasteiger partial charge >= 0.3 is 0 Å². The van der Waals surface area contributed by atoms with Gasteiger partial charge in [0.05, 0.1) is 5.57 Å². The van der Waals surface area contributed by atoms with Gasteiger partial charge in [-0.25, -0.2) is 14.1 Å². The Labute approximate surface area is 172 Å². The lowest BCUT2D eigenvalue weighted by Crippen LogP contribution is -2.31. The molecule has 1 unspecified atom stereocenters. The van der Waals surface area contributed by atoms with E-state index in [4.69, 9.17) is 5.11 Å². The minimum Gasteiger partial charge on any atom is -0.396 e. The van der Waals surface area contributed by atoms with E-state index in [2.05, 4.69) is 25.7 Å². The van der Waals surface area contributed by atoms with Crippen LogP contribution < -0.4 is 10.6 Å². The monoisotopic (exact) mass is 408 g/mol. The average molecular weight is 408 g/mol. The molecule has 0 radical (unpaired) electrons. The normalized spacial score (nSPS) is 15.5. The quantitative estimate of drug-likeness (QED) is 0.579. The summed E-state index contributed by atoms with van der Waals surface area (Å²) in [5.41, 5.74) is 1.74. The van der Waals surface area contributed by atoms with Crippen molar-refractivity contribution >= 4 is 17.7 Å². The van der Waals surface area contributed by atoms with Gasteiger partial charge in [-0.3, -0.25) is 4.79 Å². The number of aryl methyl sites for hydroxylation is 1. The summed E-state index contributed by atoms with van der Waals surface area (Å²) in [7, 11) is 0. The molecule has 1 aliphatic rings. The van der Waals surface area contributed by atoms with Crippen molar-refractivity contribution in [2.75, 3.05) is 17.2 Å². The molecule has 1 aromatic carbocycles. The number of rotatable bonds is 6. The summed E-state index contributed by atoms with van der Waals surface area (Å²) in [5, 5.41) is 19.6. The SMILES string of the molecule is CC1=C(C(=O)Nc2ccccn2)C(c2ccc(F)cc2)n2nc(CCCO)nc2N1. The average Bonchev–Trinajstić information content (AvgIpc) is 3.15. The second kappa shape index (κ2) is 8.42. The molecule has 0 saturated carbocycles. The van der Waals surface area contributed by atoms with Gasteiger partial charge in [0.25, 0.3) is 5.91 Å². The van der Waals surface area contributed by atoms with Gasteiger partial charge in [0.1, 0.15) is 17.7 Å². The third-order valence-electron chi connectivity index (χ3n) is 4.79. The number of nitrogens with zero attached hydrogens (tertiary/aromatic N) is 4. The first-order valence-corrected chi connectivity index (χ1v) is 9.58. The molecule has 30 heavy (non-hydrogen) atoms. The zero-order valence-electron chi connectivity index (χ0n) is 16.3. The Hall–Kier alpha value is -3.59. The number of anilines is 2. The summed E-state index contributed by atoms with van der Waals surface area (Å²) in [6, 6.07) is 10.6. The third kappa shape index (κ3) is 3.92. The van der Waals surface area contributed by atoms with Crippen molar-refractivity contribution in [3.8, 4) is 0 Å². The molecule has 154 valence electrons. The molecule has 0 spiro atoms. The number of carbonyl (C=O) groups excluding carboxylic acids is 1. The van der Waals surface area contributed by atoms with Crippen LogP contribution in [-0.4, -0.2) is 37.4 Å². The highest BCUT2D eigenvalue weighted by molar-refractivity contribution is 6.05. The molecule has 0 aliphatic carbocycles. The van der Waals surface area contributed by atoms with Crippen LogP contribution in [0.4, 0.5) is 16.2 Å².